The van der Waals surface area contributed by atoms with Crippen molar-refractivity contribution >= 4 is 11.8 Å². The number of likely N-dealkylation sites (N-methyl/N-ethyl adjacent to an activating group) is 1. The smallest absolute Gasteiger partial charge is 0.251 e. The second-order valence-electron chi connectivity index (χ2n) is 5.18. The summed E-state index contributed by atoms with van der Waals surface area (Å²) in [5.41, 5.74) is 1.80. The highest BCUT2D eigenvalue weighted by Gasteiger charge is 2.14. The number of rotatable bonds is 3. The van der Waals surface area contributed by atoms with Crippen molar-refractivity contribution in [1.29, 1.82) is 0 Å². The molecule has 18 heavy (non-hydrogen) atoms. The fourth-order valence-electron chi connectivity index (χ4n) is 1.47. The predicted molar refractivity (Wildman–Crippen MR) is 71.5 cm³/mol. The van der Waals surface area contributed by atoms with Gasteiger partial charge in [0.05, 0.1) is 6.54 Å². The SMILES string of the molecule is CNC(=O)CNC(=O)c1ccc(C(C)(C)C)cc1. The zero-order valence-electron chi connectivity index (χ0n) is 11.3. The molecular formula is C14H20N2O2. The van der Waals surface area contributed by atoms with Gasteiger partial charge in [0.15, 0.2) is 0 Å². The molecule has 0 fully saturated rings. The highest BCUT2D eigenvalue weighted by atomic mass is 16.2. The van der Waals surface area contributed by atoms with Gasteiger partial charge in [-0.25, -0.2) is 0 Å². The number of carbonyl (C=O) groups excluding carboxylic acids is 2. The van der Waals surface area contributed by atoms with Gasteiger partial charge in [-0.3, -0.25) is 9.59 Å². The summed E-state index contributed by atoms with van der Waals surface area (Å²) in [4.78, 5) is 22.7. The lowest BCUT2D eigenvalue weighted by Crippen LogP contribution is -2.35. The highest BCUT2D eigenvalue weighted by molar-refractivity contribution is 5.96. The van der Waals surface area contributed by atoms with Crippen molar-refractivity contribution in [3.8, 4) is 0 Å². The van der Waals surface area contributed by atoms with E-state index in [0.717, 1.165) is 0 Å². The van der Waals surface area contributed by atoms with Crippen molar-refractivity contribution in [3.63, 3.8) is 0 Å². The van der Waals surface area contributed by atoms with Gasteiger partial charge in [-0.1, -0.05) is 32.9 Å². The molecule has 0 atom stereocenters. The molecule has 0 saturated carbocycles. The molecule has 2 N–H and O–H groups in total. The maximum atomic E-state index is 11.7. The van der Waals surface area contributed by atoms with Crippen molar-refractivity contribution in [2.24, 2.45) is 0 Å². The Morgan fingerprint density at radius 2 is 1.67 bits per heavy atom. The Morgan fingerprint density at radius 3 is 2.11 bits per heavy atom. The Hall–Kier alpha value is -1.84. The summed E-state index contributed by atoms with van der Waals surface area (Å²) >= 11 is 0. The monoisotopic (exact) mass is 248 g/mol. The van der Waals surface area contributed by atoms with Gasteiger partial charge in [-0.2, -0.15) is 0 Å². The molecule has 0 saturated heterocycles. The topological polar surface area (TPSA) is 58.2 Å². The number of carbonyl (C=O) groups is 2. The van der Waals surface area contributed by atoms with Crippen LogP contribution in [0.4, 0.5) is 0 Å². The maximum absolute atomic E-state index is 11.7. The summed E-state index contributed by atoms with van der Waals surface area (Å²) in [5.74, 6) is -0.450. The summed E-state index contributed by atoms with van der Waals surface area (Å²) in [6, 6.07) is 7.43. The van der Waals surface area contributed by atoms with E-state index < -0.39 is 0 Å². The number of benzene rings is 1. The second kappa shape index (κ2) is 5.67. The molecule has 0 spiro atoms. The number of amides is 2. The summed E-state index contributed by atoms with van der Waals surface area (Å²) in [7, 11) is 1.53. The van der Waals surface area contributed by atoms with Gasteiger partial charge in [0, 0.05) is 12.6 Å². The molecular weight excluding hydrogens is 228 g/mol. The zero-order valence-corrected chi connectivity index (χ0v) is 11.3. The van der Waals surface area contributed by atoms with Gasteiger partial charge in [-0.15, -0.1) is 0 Å². The van der Waals surface area contributed by atoms with Crippen LogP contribution in [-0.4, -0.2) is 25.4 Å². The molecule has 0 aliphatic heterocycles. The van der Waals surface area contributed by atoms with E-state index in [1.54, 1.807) is 12.1 Å². The minimum Gasteiger partial charge on any atom is -0.358 e. The molecule has 98 valence electrons. The molecule has 4 heteroatoms. The van der Waals surface area contributed by atoms with Gasteiger partial charge in [0.1, 0.15) is 0 Å². The normalized spacial score (nSPS) is 10.9. The molecule has 0 bridgehead atoms. The molecule has 4 nitrogen and oxygen atoms in total. The number of hydrogen-bond acceptors (Lipinski definition) is 2. The van der Waals surface area contributed by atoms with Crippen LogP contribution in [-0.2, 0) is 10.2 Å². The maximum Gasteiger partial charge on any atom is 0.251 e. The minimum atomic E-state index is -0.237. The van der Waals surface area contributed by atoms with E-state index in [1.165, 1.54) is 12.6 Å². The summed E-state index contributed by atoms with van der Waals surface area (Å²) < 4.78 is 0. The lowest BCUT2D eigenvalue weighted by Gasteiger charge is -2.19. The number of nitrogens with one attached hydrogen (secondary N) is 2. The molecule has 1 aromatic carbocycles. The first kappa shape index (κ1) is 14.2. The van der Waals surface area contributed by atoms with Crippen LogP contribution >= 0.6 is 0 Å². The molecule has 0 aliphatic rings. The Morgan fingerprint density at radius 1 is 1.11 bits per heavy atom. The molecule has 2 amide bonds. The van der Waals surface area contributed by atoms with Gasteiger partial charge in [0.2, 0.25) is 5.91 Å². The third-order valence-corrected chi connectivity index (χ3v) is 2.70. The zero-order chi connectivity index (χ0) is 13.8. The van der Waals surface area contributed by atoms with E-state index in [9.17, 15) is 9.59 Å². The highest BCUT2D eigenvalue weighted by Crippen LogP contribution is 2.22. The standard InChI is InChI=1S/C14H20N2O2/c1-14(2,3)11-7-5-10(6-8-11)13(18)16-9-12(17)15-4/h5-8H,9H2,1-4H3,(H,15,17)(H,16,18). The third-order valence-electron chi connectivity index (χ3n) is 2.70. The molecule has 0 unspecified atom stereocenters. The minimum absolute atomic E-state index is 0.00362. The van der Waals surface area contributed by atoms with Gasteiger partial charge in [-0.05, 0) is 23.1 Å². The average Bonchev–Trinajstić information content (AvgIpc) is 2.34. The quantitative estimate of drug-likeness (QED) is 0.850. The lowest BCUT2D eigenvalue weighted by molar-refractivity contribution is -0.119. The predicted octanol–water partition coefficient (Wildman–Crippen LogP) is 1.46. The van der Waals surface area contributed by atoms with Crippen molar-refractivity contribution in [1.82, 2.24) is 10.6 Å². The Bertz CT molecular complexity index is 430. The van der Waals surface area contributed by atoms with E-state index >= 15 is 0 Å². The first-order valence-electron chi connectivity index (χ1n) is 5.94. The van der Waals surface area contributed by atoms with Gasteiger partial charge < -0.3 is 10.6 Å². The number of hydrogen-bond donors (Lipinski definition) is 2. The summed E-state index contributed by atoms with van der Waals surface area (Å²) in [6.45, 7) is 6.35. The molecule has 0 radical (unpaired) electrons. The van der Waals surface area contributed by atoms with E-state index in [0.29, 0.717) is 5.56 Å². The van der Waals surface area contributed by atoms with E-state index in [1.807, 2.05) is 12.1 Å². The molecule has 0 aliphatic carbocycles. The Balaban J connectivity index is 2.68. The second-order valence-corrected chi connectivity index (χ2v) is 5.18. The Kier molecular flexibility index (Phi) is 4.48. The lowest BCUT2D eigenvalue weighted by atomic mass is 9.87. The van der Waals surface area contributed by atoms with Crippen LogP contribution in [0.5, 0.6) is 0 Å². The summed E-state index contributed by atoms with van der Waals surface area (Å²) in [6.07, 6.45) is 0. The van der Waals surface area contributed by atoms with Gasteiger partial charge in [0.25, 0.3) is 5.91 Å². The van der Waals surface area contributed by atoms with Crippen molar-refractivity contribution < 1.29 is 9.59 Å². The van der Waals surface area contributed by atoms with Crippen LogP contribution in [0.15, 0.2) is 24.3 Å². The molecule has 0 heterocycles. The van der Waals surface area contributed by atoms with Crippen LogP contribution in [0.2, 0.25) is 0 Å². The van der Waals surface area contributed by atoms with Crippen molar-refractivity contribution in [2.45, 2.75) is 26.2 Å². The fourth-order valence-corrected chi connectivity index (χ4v) is 1.47. The van der Waals surface area contributed by atoms with Crippen LogP contribution in [0, 0.1) is 0 Å². The van der Waals surface area contributed by atoms with E-state index in [-0.39, 0.29) is 23.8 Å². The molecule has 1 aromatic rings. The van der Waals surface area contributed by atoms with Crippen LogP contribution < -0.4 is 10.6 Å². The Labute approximate surface area is 108 Å². The van der Waals surface area contributed by atoms with Crippen LogP contribution in [0.25, 0.3) is 0 Å². The van der Waals surface area contributed by atoms with E-state index in [2.05, 4.69) is 31.4 Å². The third kappa shape index (κ3) is 3.87. The van der Waals surface area contributed by atoms with Gasteiger partial charge >= 0.3 is 0 Å². The largest absolute Gasteiger partial charge is 0.358 e. The summed E-state index contributed by atoms with van der Waals surface area (Å²) in [5, 5.41) is 5.00. The van der Waals surface area contributed by atoms with Crippen molar-refractivity contribution in [2.75, 3.05) is 13.6 Å². The van der Waals surface area contributed by atoms with Crippen LogP contribution in [0.3, 0.4) is 0 Å². The van der Waals surface area contributed by atoms with Crippen LogP contribution in [0.1, 0.15) is 36.7 Å². The first-order chi connectivity index (χ1) is 8.34. The average molecular weight is 248 g/mol. The van der Waals surface area contributed by atoms with E-state index in [4.69, 9.17) is 0 Å². The first-order valence-corrected chi connectivity index (χ1v) is 5.94. The van der Waals surface area contributed by atoms with Crippen molar-refractivity contribution in [3.05, 3.63) is 35.4 Å². The molecule has 1 rings (SSSR count). The fraction of sp³-hybridized carbons (Fsp3) is 0.429. The molecule has 0 aromatic heterocycles.